The normalized spacial score (nSPS) is 28.9. The van der Waals surface area contributed by atoms with Crippen molar-refractivity contribution in [2.75, 3.05) is 6.54 Å². The van der Waals surface area contributed by atoms with Crippen molar-refractivity contribution in [3.05, 3.63) is 35.9 Å². The molecular weight excluding hydrogens is 262 g/mol. The summed E-state index contributed by atoms with van der Waals surface area (Å²) in [6.07, 6.45) is 9.57. The quantitative estimate of drug-likeness (QED) is 0.617. The number of benzene rings is 1. The molecule has 1 saturated carbocycles. The van der Waals surface area contributed by atoms with Crippen LogP contribution < -0.4 is 0 Å². The maximum absolute atomic E-state index is 12.7. The molecule has 0 unspecified atom stereocenters. The summed E-state index contributed by atoms with van der Waals surface area (Å²) >= 11 is 0. The Morgan fingerprint density at radius 3 is 2.71 bits per heavy atom. The molecule has 0 N–H and O–H groups in total. The molecule has 21 heavy (non-hydrogen) atoms. The minimum absolute atomic E-state index is 0.0762. The lowest BCUT2D eigenvalue weighted by Gasteiger charge is -2.48. The fourth-order valence-electron chi connectivity index (χ4n) is 3.96. The summed E-state index contributed by atoms with van der Waals surface area (Å²) in [7, 11) is 0. The Morgan fingerprint density at radius 1 is 1.24 bits per heavy atom. The van der Waals surface area contributed by atoms with E-state index in [1.165, 1.54) is 4.90 Å². The van der Waals surface area contributed by atoms with E-state index >= 15 is 0 Å². The molecule has 2 amide bonds. The third-order valence-electron chi connectivity index (χ3n) is 4.96. The number of fused-ring (bicyclic) bond motifs is 1. The number of carbonyl (C=O) groups is 2. The van der Waals surface area contributed by atoms with Gasteiger partial charge in [0, 0.05) is 17.8 Å². The number of hydrogen-bond donors (Lipinski definition) is 0. The molecular formula is C18H19NO2. The Balaban J connectivity index is 2.04. The Labute approximate surface area is 125 Å². The van der Waals surface area contributed by atoms with Crippen LogP contribution in [0.15, 0.2) is 30.3 Å². The van der Waals surface area contributed by atoms with Gasteiger partial charge in [-0.15, -0.1) is 6.42 Å². The van der Waals surface area contributed by atoms with Gasteiger partial charge < -0.3 is 0 Å². The molecule has 3 heteroatoms. The van der Waals surface area contributed by atoms with Crippen molar-refractivity contribution in [3.63, 3.8) is 0 Å². The average molecular weight is 281 g/mol. The number of terminal acetylenes is 1. The van der Waals surface area contributed by atoms with Gasteiger partial charge in [-0.05, 0) is 18.4 Å². The van der Waals surface area contributed by atoms with Crippen LogP contribution in [0.3, 0.4) is 0 Å². The number of imide groups is 1. The summed E-state index contributed by atoms with van der Waals surface area (Å²) in [5.74, 6) is 2.12. The number of likely N-dealkylation sites (tertiary alicyclic amines) is 1. The first-order valence-electron chi connectivity index (χ1n) is 7.52. The highest BCUT2D eigenvalue weighted by atomic mass is 16.2. The molecule has 0 bridgehead atoms. The SMILES string of the molecule is C#CCN1C(=O)C[C@]2(c3ccccc3)CCCC[C@@H]2C1=O. The van der Waals surface area contributed by atoms with Crippen LogP contribution >= 0.6 is 0 Å². The van der Waals surface area contributed by atoms with E-state index in [4.69, 9.17) is 6.42 Å². The largest absolute Gasteiger partial charge is 0.274 e. The zero-order valence-corrected chi connectivity index (χ0v) is 12.0. The summed E-state index contributed by atoms with van der Waals surface area (Å²) < 4.78 is 0. The molecule has 3 rings (SSSR count). The van der Waals surface area contributed by atoms with Gasteiger partial charge in [0.2, 0.25) is 11.8 Å². The lowest BCUT2D eigenvalue weighted by Crippen LogP contribution is -2.57. The Kier molecular flexibility index (Phi) is 3.55. The highest BCUT2D eigenvalue weighted by Crippen LogP contribution is 2.49. The number of carbonyl (C=O) groups excluding carboxylic acids is 2. The molecule has 0 aromatic heterocycles. The second kappa shape index (κ2) is 5.37. The zero-order valence-electron chi connectivity index (χ0n) is 12.0. The van der Waals surface area contributed by atoms with Crippen molar-refractivity contribution in [2.45, 2.75) is 37.5 Å². The predicted octanol–water partition coefficient (Wildman–Crippen LogP) is 2.51. The third-order valence-corrected chi connectivity index (χ3v) is 4.96. The van der Waals surface area contributed by atoms with Crippen molar-refractivity contribution in [3.8, 4) is 12.3 Å². The predicted molar refractivity (Wildman–Crippen MR) is 80.2 cm³/mol. The van der Waals surface area contributed by atoms with Crippen LogP contribution in [0, 0.1) is 18.3 Å². The van der Waals surface area contributed by atoms with E-state index in [1.807, 2.05) is 18.2 Å². The maximum Gasteiger partial charge on any atom is 0.234 e. The van der Waals surface area contributed by atoms with Crippen molar-refractivity contribution in [2.24, 2.45) is 5.92 Å². The molecule has 108 valence electrons. The molecule has 2 aliphatic rings. The number of hydrogen-bond acceptors (Lipinski definition) is 2. The molecule has 1 aliphatic carbocycles. The molecule has 1 aliphatic heterocycles. The van der Waals surface area contributed by atoms with Gasteiger partial charge in [0.15, 0.2) is 0 Å². The van der Waals surface area contributed by atoms with E-state index in [9.17, 15) is 9.59 Å². The van der Waals surface area contributed by atoms with E-state index in [1.54, 1.807) is 0 Å². The number of amides is 2. The van der Waals surface area contributed by atoms with E-state index in [0.717, 1.165) is 31.2 Å². The van der Waals surface area contributed by atoms with E-state index < -0.39 is 0 Å². The van der Waals surface area contributed by atoms with Crippen LogP contribution in [0.4, 0.5) is 0 Å². The van der Waals surface area contributed by atoms with Crippen LogP contribution in [-0.2, 0) is 15.0 Å². The first-order chi connectivity index (χ1) is 10.2. The van der Waals surface area contributed by atoms with Crippen LogP contribution in [0.5, 0.6) is 0 Å². The topological polar surface area (TPSA) is 37.4 Å². The van der Waals surface area contributed by atoms with E-state index in [2.05, 4.69) is 18.1 Å². The van der Waals surface area contributed by atoms with E-state index in [-0.39, 0.29) is 29.7 Å². The summed E-state index contributed by atoms with van der Waals surface area (Å²) in [6, 6.07) is 10.0. The summed E-state index contributed by atoms with van der Waals surface area (Å²) in [6.45, 7) is 0.0963. The Hall–Kier alpha value is -2.08. The maximum atomic E-state index is 12.7. The minimum Gasteiger partial charge on any atom is -0.274 e. The summed E-state index contributed by atoms with van der Waals surface area (Å²) in [5, 5.41) is 0. The van der Waals surface area contributed by atoms with Crippen molar-refractivity contribution < 1.29 is 9.59 Å². The van der Waals surface area contributed by atoms with Gasteiger partial charge in [-0.1, -0.05) is 49.1 Å². The van der Waals surface area contributed by atoms with Gasteiger partial charge in [-0.2, -0.15) is 0 Å². The Bertz CT molecular complexity index is 601. The van der Waals surface area contributed by atoms with Crippen molar-refractivity contribution in [1.82, 2.24) is 4.90 Å². The molecule has 1 saturated heterocycles. The van der Waals surface area contributed by atoms with Gasteiger partial charge in [-0.25, -0.2) is 0 Å². The lowest BCUT2D eigenvalue weighted by atomic mass is 9.58. The Morgan fingerprint density at radius 2 is 2.00 bits per heavy atom. The van der Waals surface area contributed by atoms with Crippen LogP contribution in [0.25, 0.3) is 0 Å². The lowest BCUT2D eigenvalue weighted by molar-refractivity contribution is -0.156. The van der Waals surface area contributed by atoms with E-state index in [0.29, 0.717) is 6.42 Å². The zero-order chi connectivity index (χ0) is 14.9. The average Bonchev–Trinajstić information content (AvgIpc) is 2.52. The van der Waals surface area contributed by atoms with Gasteiger partial charge in [0.25, 0.3) is 0 Å². The fourth-order valence-corrected chi connectivity index (χ4v) is 3.96. The first kappa shape index (κ1) is 13.9. The van der Waals surface area contributed by atoms with Gasteiger partial charge in [0.1, 0.15) is 0 Å². The molecule has 1 aromatic rings. The van der Waals surface area contributed by atoms with Crippen molar-refractivity contribution >= 4 is 11.8 Å². The molecule has 3 nitrogen and oxygen atoms in total. The highest BCUT2D eigenvalue weighted by molar-refractivity contribution is 6.01. The monoisotopic (exact) mass is 281 g/mol. The summed E-state index contributed by atoms with van der Waals surface area (Å²) in [4.78, 5) is 26.5. The van der Waals surface area contributed by atoms with Gasteiger partial charge in [0.05, 0.1) is 6.54 Å². The second-order valence-electron chi connectivity index (χ2n) is 6.02. The minimum atomic E-state index is -0.321. The molecule has 1 heterocycles. The molecule has 0 spiro atoms. The number of rotatable bonds is 2. The molecule has 0 radical (unpaired) electrons. The van der Waals surface area contributed by atoms with Crippen LogP contribution in [-0.4, -0.2) is 23.3 Å². The molecule has 2 atom stereocenters. The fraction of sp³-hybridized carbons (Fsp3) is 0.444. The van der Waals surface area contributed by atoms with Gasteiger partial charge in [-0.3, -0.25) is 14.5 Å². The standard InChI is InChI=1S/C18H19NO2/c1-2-12-19-16(20)13-18(14-8-4-3-5-9-14)11-7-6-10-15(18)17(19)21/h1,3-5,8-9,15H,6-7,10-13H2/t15-,18+/m1/s1. The smallest absolute Gasteiger partial charge is 0.234 e. The van der Waals surface area contributed by atoms with Crippen LogP contribution in [0.1, 0.15) is 37.7 Å². The van der Waals surface area contributed by atoms with Crippen molar-refractivity contribution in [1.29, 1.82) is 0 Å². The first-order valence-corrected chi connectivity index (χ1v) is 7.52. The highest BCUT2D eigenvalue weighted by Gasteiger charge is 2.53. The molecule has 2 fully saturated rings. The number of nitrogens with zero attached hydrogens (tertiary/aromatic N) is 1. The summed E-state index contributed by atoms with van der Waals surface area (Å²) in [5.41, 5.74) is 0.801. The van der Waals surface area contributed by atoms with Gasteiger partial charge >= 0.3 is 0 Å². The number of piperidine rings is 1. The van der Waals surface area contributed by atoms with Crippen LogP contribution in [0.2, 0.25) is 0 Å². The second-order valence-corrected chi connectivity index (χ2v) is 6.02. The third kappa shape index (κ3) is 2.15. The molecule has 1 aromatic carbocycles.